The second kappa shape index (κ2) is 9.26. The highest BCUT2D eigenvalue weighted by atomic mass is 16.5. The summed E-state index contributed by atoms with van der Waals surface area (Å²) in [7, 11) is 0. The number of pyridine rings is 1. The number of carbonyl (C=O) groups excluding carboxylic acids is 1. The van der Waals surface area contributed by atoms with Crippen LogP contribution in [0, 0.1) is 0 Å². The number of hydrogen-bond donors (Lipinski definition) is 1. The fourth-order valence-electron chi connectivity index (χ4n) is 3.97. The van der Waals surface area contributed by atoms with Crippen molar-refractivity contribution in [2.75, 3.05) is 31.1 Å². The van der Waals surface area contributed by atoms with Crippen molar-refractivity contribution in [2.45, 2.75) is 32.7 Å². The third-order valence-corrected chi connectivity index (χ3v) is 5.46. The van der Waals surface area contributed by atoms with Crippen LogP contribution in [-0.4, -0.2) is 52.8 Å². The number of nitrogens with zero attached hydrogens (tertiary/aromatic N) is 4. The summed E-state index contributed by atoms with van der Waals surface area (Å²) in [5.41, 5.74) is 0.824. The first-order valence-corrected chi connectivity index (χ1v) is 10.8. The maximum absolute atomic E-state index is 13.1. The number of benzene rings is 1. The molecule has 3 heterocycles. The van der Waals surface area contributed by atoms with Gasteiger partial charge in [0.2, 0.25) is 11.4 Å². The lowest BCUT2D eigenvalue weighted by Crippen LogP contribution is -2.39. The molecule has 1 aromatic carbocycles. The molecule has 4 rings (SSSR count). The Morgan fingerprint density at radius 1 is 1.29 bits per heavy atom. The van der Waals surface area contributed by atoms with Crippen molar-refractivity contribution in [1.29, 1.82) is 0 Å². The standard InChI is InChI=1S/C23H27N5O3/c1-3-12-27(17-10-11-24-13-17)23-25-14-18-20(29)19(22(30)31-4-2)15-28(21(18)26-23)16-8-6-5-7-9-16/h5-9,14-15,17,24H,3-4,10-13H2,1-2H3. The minimum atomic E-state index is -0.646. The Kier molecular flexibility index (Phi) is 6.27. The molecule has 8 heteroatoms. The summed E-state index contributed by atoms with van der Waals surface area (Å²) < 4.78 is 6.87. The van der Waals surface area contributed by atoms with Crippen molar-refractivity contribution in [3.63, 3.8) is 0 Å². The number of rotatable bonds is 7. The molecule has 1 N–H and O–H groups in total. The molecule has 1 fully saturated rings. The van der Waals surface area contributed by atoms with E-state index in [9.17, 15) is 9.59 Å². The number of esters is 1. The van der Waals surface area contributed by atoms with Crippen LogP contribution in [0.25, 0.3) is 16.7 Å². The highest BCUT2D eigenvalue weighted by molar-refractivity contribution is 5.93. The SMILES string of the molecule is CCCN(c1ncc2c(=O)c(C(=O)OCC)cn(-c3ccccc3)c2n1)C1CCNC1. The summed E-state index contributed by atoms with van der Waals surface area (Å²) in [4.78, 5) is 37.1. The number of fused-ring (bicyclic) bond motifs is 1. The van der Waals surface area contributed by atoms with Crippen LogP contribution >= 0.6 is 0 Å². The van der Waals surface area contributed by atoms with Gasteiger partial charge in [0.05, 0.1) is 12.0 Å². The summed E-state index contributed by atoms with van der Waals surface area (Å²) in [6.07, 6.45) is 5.04. The second-order valence-electron chi connectivity index (χ2n) is 7.55. The molecule has 31 heavy (non-hydrogen) atoms. The monoisotopic (exact) mass is 421 g/mol. The molecule has 0 amide bonds. The largest absolute Gasteiger partial charge is 0.462 e. The fourth-order valence-corrected chi connectivity index (χ4v) is 3.97. The van der Waals surface area contributed by atoms with Gasteiger partial charge in [-0.3, -0.25) is 4.79 Å². The van der Waals surface area contributed by atoms with Gasteiger partial charge >= 0.3 is 5.97 Å². The van der Waals surface area contributed by atoms with Crippen molar-refractivity contribution in [2.24, 2.45) is 0 Å². The van der Waals surface area contributed by atoms with E-state index in [0.717, 1.165) is 38.2 Å². The van der Waals surface area contributed by atoms with E-state index in [4.69, 9.17) is 9.72 Å². The lowest BCUT2D eigenvalue weighted by atomic mass is 10.2. The van der Waals surface area contributed by atoms with Crippen molar-refractivity contribution < 1.29 is 9.53 Å². The Morgan fingerprint density at radius 3 is 2.77 bits per heavy atom. The number of aromatic nitrogens is 3. The first-order valence-electron chi connectivity index (χ1n) is 10.8. The molecule has 3 aromatic rings. The molecule has 0 spiro atoms. The second-order valence-corrected chi connectivity index (χ2v) is 7.55. The quantitative estimate of drug-likeness (QED) is 0.587. The van der Waals surface area contributed by atoms with Gasteiger partial charge in [-0.1, -0.05) is 25.1 Å². The van der Waals surface area contributed by atoms with Crippen LogP contribution in [0.5, 0.6) is 0 Å². The van der Waals surface area contributed by atoms with E-state index in [-0.39, 0.29) is 12.2 Å². The minimum Gasteiger partial charge on any atom is -0.462 e. The summed E-state index contributed by atoms with van der Waals surface area (Å²) >= 11 is 0. The van der Waals surface area contributed by atoms with Crippen molar-refractivity contribution in [1.82, 2.24) is 19.9 Å². The molecule has 0 saturated carbocycles. The number of anilines is 1. The Bertz CT molecular complexity index is 1120. The topological polar surface area (TPSA) is 89.4 Å². The first-order chi connectivity index (χ1) is 15.1. The lowest BCUT2D eigenvalue weighted by molar-refractivity contribution is 0.0524. The minimum absolute atomic E-state index is 0.0278. The van der Waals surface area contributed by atoms with Gasteiger partial charge in [0, 0.05) is 37.2 Å². The molecule has 8 nitrogen and oxygen atoms in total. The van der Waals surface area contributed by atoms with E-state index >= 15 is 0 Å². The van der Waals surface area contributed by atoms with Gasteiger partial charge in [-0.05, 0) is 38.4 Å². The highest BCUT2D eigenvalue weighted by Crippen LogP contribution is 2.21. The van der Waals surface area contributed by atoms with Gasteiger partial charge in [-0.15, -0.1) is 0 Å². The Hall–Kier alpha value is -3.26. The number of hydrogen-bond acceptors (Lipinski definition) is 7. The average molecular weight is 422 g/mol. The number of ether oxygens (including phenoxy) is 1. The van der Waals surface area contributed by atoms with E-state index in [2.05, 4.69) is 22.1 Å². The van der Waals surface area contributed by atoms with Gasteiger partial charge in [0.15, 0.2) is 5.65 Å². The molecular formula is C23H27N5O3. The molecule has 1 saturated heterocycles. The molecule has 1 aliphatic rings. The number of carbonyl (C=O) groups is 1. The third kappa shape index (κ3) is 4.16. The molecule has 2 aromatic heterocycles. The van der Waals surface area contributed by atoms with E-state index in [1.54, 1.807) is 11.5 Å². The van der Waals surface area contributed by atoms with Gasteiger partial charge in [0.25, 0.3) is 0 Å². The van der Waals surface area contributed by atoms with Crippen LogP contribution in [-0.2, 0) is 4.74 Å². The number of para-hydroxylation sites is 1. The maximum atomic E-state index is 13.1. The van der Waals surface area contributed by atoms with Crippen LogP contribution < -0.4 is 15.6 Å². The van der Waals surface area contributed by atoms with Gasteiger partial charge in [0.1, 0.15) is 5.56 Å². The first kappa shape index (κ1) is 21.0. The van der Waals surface area contributed by atoms with E-state index in [1.165, 1.54) is 12.4 Å². The zero-order valence-electron chi connectivity index (χ0n) is 17.9. The fraction of sp³-hybridized carbons (Fsp3) is 0.391. The van der Waals surface area contributed by atoms with Crippen LogP contribution in [0.3, 0.4) is 0 Å². The summed E-state index contributed by atoms with van der Waals surface area (Å²) in [5.74, 6) is -0.0520. The molecule has 1 aliphatic heterocycles. The molecule has 1 unspecified atom stereocenters. The molecule has 0 bridgehead atoms. The predicted octanol–water partition coefficient (Wildman–Crippen LogP) is 2.54. The summed E-state index contributed by atoms with van der Waals surface area (Å²) in [6.45, 7) is 6.71. The average Bonchev–Trinajstić information content (AvgIpc) is 3.33. The number of nitrogens with one attached hydrogen (secondary N) is 1. The van der Waals surface area contributed by atoms with Crippen molar-refractivity contribution in [3.8, 4) is 5.69 Å². The zero-order valence-corrected chi connectivity index (χ0v) is 17.9. The van der Waals surface area contributed by atoms with E-state index < -0.39 is 11.4 Å². The normalized spacial score (nSPS) is 15.9. The zero-order chi connectivity index (χ0) is 21.8. The Balaban J connectivity index is 1.92. The lowest BCUT2D eigenvalue weighted by Gasteiger charge is -2.28. The molecule has 162 valence electrons. The van der Waals surface area contributed by atoms with Crippen molar-refractivity contribution >= 4 is 23.0 Å². The third-order valence-electron chi connectivity index (χ3n) is 5.46. The van der Waals surface area contributed by atoms with E-state index in [0.29, 0.717) is 23.0 Å². The van der Waals surface area contributed by atoms with Gasteiger partial charge < -0.3 is 19.5 Å². The Labute approximate surface area is 180 Å². The molecular weight excluding hydrogens is 394 g/mol. The van der Waals surface area contributed by atoms with Crippen molar-refractivity contribution in [3.05, 3.63) is 58.5 Å². The molecule has 0 radical (unpaired) electrons. The van der Waals surface area contributed by atoms with Crippen LogP contribution in [0.4, 0.5) is 5.95 Å². The maximum Gasteiger partial charge on any atom is 0.343 e. The molecule has 0 aliphatic carbocycles. The summed E-state index contributed by atoms with van der Waals surface area (Å²) in [6, 6.07) is 9.85. The smallest absolute Gasteiger partial charge is 0.343 e. The van der Waals surface area contributed by atoms with Crippen LogP contribution in [0.1, 0.15) is 37.0 Å². The van der Waals surface area contributed by atoms with Gasteiger partial charge in [-0.2, -0.15) is 4.98 Å². The molecule has 1 atom stereocenters. The predicted molar refractivity (Wildman–Crippen MR) is 120 cm³/mol. The summed E-state index contributed by atoms with van der Waals surface area (Å²) in [5, 5.41) is 3.68. The van der Waals surface area contributed by atoms with Crippen LogP contribution in [0.15, 0.2) is 47.5 Å². The van der Waals surface area contributed by atoms with Gasteiger partial charge in [-0.25, -0.2) is 9.78 Å². The van der Waals surface area contributed by atoms with Crippen LogP contribution in [0.2, 0.25) is 0 Å². The highest BCUT2D eigenvalue weighted by Gasteiger charge is 2.25. The van der Waals surface area contributed by atoms with E-state index in [1.807, 2.05) is 30.3 Å². The Morgan fingerprint density at radius 2 is 2.10 bits per heavy atom.